The Morgan fingerprint density at radius 1 is 0.500 bits per heavy atom. The molecule has 0 heterocycles. The number of hydrogen-bond donors (Lipinski definition) is 8. The summed E-state index contributed by atoms with van der Waals surface area (Å²) in [4.78, 5) is 0. The van der Waals surface area contributed by atoms with E-state index in [4.69, 9.17) is 35.7 Å². The number of para-hydroxylation sites is 1. The predicted molar refractivity (Wildman–Crippen MR) is 174 cm³/mol. The SMILES string of the molecule is CC(O)Cc1ccc(O)cc1.CC(O)Cc1cccc(O)c1.CC(O)Cc1ccccc1O.OCCCc1ccc(O)cc1. The third kappa shape index (κ3) is 18.5. The molecule has 4 aromatic carbocycles. The van der Waals surface area contributed by atoms with Crippen molar-refractivity contribution in [3.05, 3.63) is 119 Å². The molecule has 0 saturated heterocycles. The lowest BCUT2D eigenvalue weighted by molar-refractivity contribution is 0.194. The third-order valence-corrected chi connectivity index (χ3v) is 5.98. The molecular formula is C36H48O8. The van der Waals surface area contributed by atoms with Crippen molar-refractivity contribution in [2.24, 2.45) is 0 Å². The molecule has 0 saturated carbocycles. The van der Waals surface area contributed by atoms with Crippen molar-refractivity contribution >= 4 is 0 Å². The molecule has 0 spiro atoms. The lowest BCUT2D eigenvalue weighted by Crippen LogP contribution is -2.03. The highest BCUT2D eigenvalue weighted by molar-refractivity contribution is 5.32. The second-order valence-corrected chi connectivity index (χ2v) is 10.6. The van der Waals surface area contributed by atoms with Gasteiger partial charge in [-0.3, -0.25) is 0 Å². The van der Waals surface area contributed by atoms with Gasteiger partial charge >= 0.3 is 0 Å². The fraction of sp³-hybridized carbons (Fsp3) is 0.333. The van der Waals surface area contributed by atoms with Crippen molar-refractivity contribution in [2.75, 3.05) is 6.61 Å². The molecule has 8 N–H and O–H groups in total. The van der Waals surface area contributed by atoms with E-state index in [0.29, 0.717) is 19.3 Å². The zero-order chi connectivity index (χ0) is 32.9. The highest BCUT2D eigenvalue weighted by Crippen LogP contribution is 2.17. The Kier molecular flexibility index (Phi) is 18.6. The quantitative estimate of drug-likeness (QED) is 0.128. The first kappa shape index (κ1) is 37.9. The summed E-state index contributed by atoms with van der Waals surface area (Å²) in [5.74, 6) is 1.06. The topological polar surface area (TPSA) is 162 Å². The summed E-state index contributed by atoms with van der Waals surface area (Å²) in [7, 11) is 0. The van der Waals surface area contributed by atoms with Gasteiger partial charge < -0.3 is 40.9 Å². The average molecular weight is 609 g/mol. The van der Waals surface area contributed by atoms with Gasteiger partial charge in [0.25, 0.3) is 0 Å². The molecule has 0 aliphatic rings. The van der Waals surface area contributed by atoms with Crippen LogP contribution in [0, 0.1) is 0 Å². The minimum atomic E-state index is -0.400. The Bertz CT molecular complexity index is 1290. The van der Waals surface area contributed by atoms with E-state index in [1.807, 2.05) is 42.5 Å². The Hall–Kier alpha value is -4.08. The molecule has 0 fully saturated rings. The molecule has 0 aromatic heterocycles. The minimum absolute atomic E-state index is 0.223. The van der Waals surface area contributed by atoms with Gasteiger partial charge in [-0.15, -0.1) is 0 Å². The average Bonchev–Trinajstić information content (AvgIpc) is 2.96. The molecule has 44 heavy (non-hydrogen) atoms. The molecular weight excluding hydrogens is 560 g/mol. The van der Waals surface area contributed by atoms with Crippen LogP contribution in [0.25, 0.3) is 0 Å². The van der Waals surface area contributed by atoms with Gasteiger partial charge in [0, 0.05) is 13.0 Å². The lowest BCUT2D eigenvalue weighted by Gasteiger charge is -2.05. The summed E-state index contributed by atoms with van der Waals surface area (Å²) in [5, 5.41) is 71.7. The van der Waals surface area contributed by atoms with Crippen LogP contribution in [-0.4, -0.2) is 65.8 Å². The summed E-state index contributed by atoms with van der Waals surface area (Å²) < 4.78 is 0. The van der Waals surface area contributed by atoms with E-state index in [2.05, 4.69) is 0 Å². The zero-order valence-electron chi connectivity index (χ0n) is 25.8. The molecule has 4 aromatic rings. The summed E-state index contributed by atoms with van der Waals surface area (Å²) in [6, 6.07) is 27.9. The molecule has 0 aliphatic carbocycles. The molecule has 8 heteroatoms. The summed E-state index contributed by atoms with van der Waals surface area (Å²) in [6.45, 7) is 5.39. The molecule has 240 valence electrons. The smallest absolute Gasteiger partial charge is 0.118 e. The van der Waals surface area contributed by atoms with Crippen LogP contribution < -0.4 is 0 Å². The van der Waals surface area contributed by atoms with E-state index in [9.17, 15) is 5.11 Å². The Morgan fingerprint density at radius 3 is 1.48 bits per heavy atom. The van der Waals surface area contributed by atoms with Gasteiger partial charge in [0.05, 0.1) is 18.3 Å². The van der Waals surface area contributed by atoms with Crippen LogP contribution in [0.3, 0.4) is 0 Å². The second kappa shape index (κ2) is 21.6. The molecule has 0 amide bonds. The molecule has 0 bridgehead atoms. The molecule has 0 aliphatic heterocycles. The van der Waals surface area contributed by atoms with E-state index < -0.39 is 6.10 Å². The number of phenolic OH excluding ortho intramolecular Hbond substituents is 4. The Balaban J connectivity index is 0.000000293. The van der Waals surface area contributed by atoms with E-state index >= 15 is 0 Å². The van der Waals surface area contributed by atoms with Gasteiger partial charge in [0.1, 0.15) is 23.0 Å². The van der Waals surface area contributed by atoms with Crippen LogP contribution in [0.4, 0.5) is 0 Å². The second-order valence-electron chi connectivity index (χ2n) is 10.6. The predicted octanol–water partition coefficient (Wildman–Crippen LogP) is 5.26. The van der Waals surface area contributed by atoms with Crippen molar-refractivity contribution in [3.63, 3.8) is 0 Å². The van der Waals surface area contributed by atoms with Crippen molar-refractivity contribution in [1.29, 1.82) is 0 Å². The lowest BCUT2D eigenvalue weighted by atomic mass is 10.1. The molecule has 0 radical (unpaired) electrons. The van der Waals surface area contributed by atoms with E-state index in [0.717, 1.165) is 35.1 Å². The van der Waals surface area contributed by atoms with Gasteiger partial charge in [0.2, 0.25) is 0 Å². The standard InChI is InChI=1S/4C9H12O2/c1-7(10)6-8-2-4-9(11)5-3-8;1-7(10)5-8-3-2-4-9(11)6-8;1-7(10)6-8-4-2-3-5-9(8)11;10-7-1-2-8-3-5-9(11)6-4-8/h2-5,7,10-11H,6H2,1H3;2-4,6-7,10-11H,5H2,1H3;2-5,7,10-11H,6H2,1H3;3-6,10-11H,1-2,7H2. The normalized spacial score (nSPS) is 12.2. The van der Waals surface area contributed by atoms with Crippen LogP contribution in [0.5, 0.6) is 23.0 Å². The Labute approximate surface area is 260 Å². The van der Waals surface area contributed by atoms with E-state index in [1.165, 1.54) is 0 Å². The molecule has 3 atom stereocenters. The monoisotopic (exact) mass is 608 g/mol. The number of aryl methyl sites for hydroxylation is 1. The number of aliphatic hydroxyl groups excluding tert-OH is 4. The maximum absolute atomic E-state index is 9.25. The number of aromatic hydroxyl groups is 4. The first-order valence-electron chi connectivity index (χ1n) is 14.6. The number of hydrogen-bond acceptors (Lipinski definition) is 8. The van der Waals surface area contributed by atoms with Crippen LogP contribution >= 0.6 is 0 Å². The highest BCUT2D eigenvalue weighted by Gasteiger charge is 2.02. The molecule has 3 unspecified atom stereocenters. The highest BCUT2D eigenvalue weighted by atomic mass is 16.3. The van der Waals surface area contributed by atoms with Gasteiger partial charge in [-0.1, -0.05) is 54.6 Å². The first-order valence-corrected chi connectivity index (χ1v) is 14.6. The summed E-state index contributed by atoms with van der Waals surface area (Å²) in [6.07, 6.45) is 2.32. The minimum Gasteiger partial charge on any atom is -0.508 e. The fourth-order valence-electron chi connectivity index (χ4n) is 3.95. The van der Waals surface area contributed by atoms with E-state index in [-0.39, 0.29) is 41.8 Å². The third-order valence-electron chi connectivity index (χ3n) is 5.98. The number of rotatable bonds is 9. The van der Waals surface area contributed by atoms with Crippen molar-refractivity contribution < 1.29 is 40.9 Å². The van der Waals surface area contributed by atoms with Crippen LogP contribution in [0.15, 0.2) is 97.1 Å². The van der Waals surface area contributed by atoms with Gasteiger partial charge in [-0.05, 0) is 111 Å². The summed E-state index contributed by atoms with van der Waals surface area (Å²) in [5.41, 5.74) is 3.94. The van der Waals surface area contributed by atoms with Gasteiger partial charge in [0.15, 0.2) is 0 Å². The zero-order valence-corrected chi connectivity index (χ0v) is 25.8. The van der Waals surface area contributed by atoms with Gasteiger partial charge in [-0.25, -0.2) is 0 Å². The van der Waals surface area contributed by atoms with E-state index in [1.54, 1.807) is 75.4 Å². The fourth-order valence-corrected chi connectivity index (χ4v) is 3.95. The van der Waals surface area contributed by atoms with Crippen LogP contribution in [0.1, 0.15) is 49.4 Å². The maximum Gasteiger partial charge on any atom is 0.118 e. The molecule has 4 rings (SSSR count). The largest absolute Gasteiger partial charge is 0.508 e. The van der Waals surface area contributed by atoms with Crippen molar-refractivity contribution in [1.82, 2.24) is 0 Å². The molecule has 8 nitrogen and oxygen atoms in total. The van der Waals surface area contributed by atoms with Crippen molar-refractivity contribution in [2.45, 2.75) is 71.2 Å². The number of aliphatic hydroxyl groups is 4. The number of benzene rings is 4. The number of phenols is 4. The summed E-state index contributed by atoms with van der Waals surface area (Å²) >= 11 is 0. The maximum atomic E-state index is 9.25. The first-order chi connectivity index (χ1) is 20.9. The van der Waals surface area contributed by atoms with Crippen LogP contribution in [-0.2, 0) is 25.7 Å². The van der Waals surface area contributed by atoms with Gasteiger partial charge in [-0.2, -0.15) is 0 Å². The van der Waals surface area contributed by atoms with Crippen LogP contribution in [0.2, 0.25) is 0 Å². The Morgan fingerprint density at radius 2 is 1.00 bits per heavy atom. The van der Waals surface area contributed by atoms with Crippen molar-refractivity contribution in [3.8, 4) is 23.0 Å².